The highest BCUT2D eigenvalue weighted by Crippen LogP contribution is 2.40. The highest BCUT2D eigenvalue weighted by Gasteiger charge is 2.31. The molecule has 1 aliphatic carbocycles. The van der Waals surface area contributed by atoms with E-state index in [1.165, 1.54) is 0 Å². The standard InChI is InChI=1S/C12H9ClF3N3/c13-5-10-17-18-12(19(10)7-1-2-7)11-8(15)3-6(14)4-9(11)16/h3-4,7H,1-2,5H2. The van der Waals surface area contributed by atoms with Crippen LogP contribution >= 0.6 is 11.6 Å². The van der Waals surface area contributed by atoms with E-state index < -0.39 is 17.5 Å². The maximum absolute atomic E-state index is 13.8. The number of hydrogen-bond acceptors (Lipinski definition) is 2. The Morgan fingerprint density at radius 2 is 1.79 bits per heavy atom. The molecular weight excluding hydrogens is 279 g/mol. The Balaban J connectivity index is 2.20. The van der Waals surface area contributed by atoms with Crippen LogP contribution in [0.1, 0.15) is 24.7 Å². The third kappa shape index (κ3) is 2.10. The molecule has 1 saturated carbocycles. The second-order valence-electron chi connectivity index (χ2n) is 4.42. The molecule has 0 bridgehead atoms. The number of benzene rings is 1. The van der Waals surface area contributed by atoms with E-state index >= 15 is 0 Å². The molecule has 0 radical (unpaired) electrons. The highest BCUT2D eigenvalue weighted by molar-refractivity contribution is 6.16. The summed E-state index contributed by atoms with van der Waals surface area (Å²) in [6, 6.07) is 1.37. The summed E-state index contributed by atoms with van der Waals surface area (Å²) in [5, 5.41) is 7.63. The summed E-state index contributed by atoms with van der Waals surface area (Å²) in [5.41, 5.74) is -0.364. The maximum atomic E-state index is 13.8. The van der Waals surface area contributed by atoms with E-state index in [0.29, 0.717) is 18.0 Å². The molecule has 3 rings (SSSR count). The zero-order valence-electron chi connectivity index (χ0n) is 9.71. The van der Waals surface area contributed by atoms with Gasteiger partial charge in [0.15, 0.2) is 5.82 Å². The van der Waals surface area contributed by atoms with E-state index in [2.05, 4.69) is 10.2 Å². The average molecular weight is 288 g/mol. The van der Waals surface area contributed by atoms with E-state index in [0.717, 1.165) is 12.8 Å². The Kier molecular flexibility index (Phi) is 2.97. The lowest BCUT2D eigenvalue weighted by Crippen LogP contribution is -2.04. The van der Waals surface area contributed by atoms with Crippen molar-refractivity contribution in [2.45, 2.75) is 24.8 Å². The Hall–Kier alpha value is -1.56. The molecule has 1 heterocycles. The van der Waals surface area contributed by atoms with Gasteiger partial charge in [0.2, 0.25) is 0 Å². The molecule has 2 aromatic rings. The van der Waals surface area contributed by atoms with Crippen LogP contribution in [0.2, 0.25) is 0 Å². The van der Waals surface area contributed by atoms with Crippen molar-refractivity contribution in [3.63, 3.8) is 0 Å². The quantitative estimate of drug-likeness (QED) is 0.810. The van der Waals surface area contributed by atoms with Crippen molar-refractivity contribution in [2.24, 2.45) is 0 Å². The summed E-state index contributed by atoms with van der Waals surface area (Å²) >= 11 is 5.74. The molecular formula is C12H9ClF3N3. The van der Waals surface area contributed by atoms with Gasteiger partial charge in [-0.2, -0.15) is 0 Å². The van der Waals surface area contributed by atoms with Gasteiger partial charge in [-0.25, -0.2) is 13.2 Å². The molecule has 3 nitrogen and oxygen atoms in total. The zero-order valence-corrected chi connectivity index (χ0v) is 10.5. The lowest BCUT2D eigenvalue weighted by molar-refractivity contribution is 0.544. The Morgan fingerprint density at radius 1 is 1.16 bits per heavy atom. The van der Waals surface area contributed by atoms with Crippen LogP contribution in [-0.2, 0) is 5.88 Å². The number of rotatable bonds is 3. The fourth-order valence-electron chi connectivity index (χ4n) is 2.06. The molecule has 0 unspecified atom stereocenters. The third-order valence-corrected chi connectivity index (χ3v) is 3.27. The summed E-state index contributed by atoms with van der Waals surface area (Å²) in [6.07, 6.45) is 1.78. The first-order valence-electron chi connectivity index (χ1n) is 5.76. The summed E-state index contributed by atoms with van der Waals surface area (Å²) < 4.78 is 42.1. The molecule has 1 aliphatic rings. The average Bonchev–Trinajstić information content (AvgIpc) is 3.09. The van der Waals surface area contributed by atoms with Crippen molar-refractivity contribution in [1.82, 2.24) is 14.8 Å². The van der Waals surface area contributed by atoms with E-state index in [4.69, 9.17) is 11.6 Å². The second kappa shape index (κ2) is 4.52. The van der Waals surface area contributed by atoms with E-state index in [1.54, 1.807) is 4.57 Å². The van der Waals surface area contributed by atoms with Crippen molar-refractivity contribution in [3.05, 3.63) is 35.4 Å². The van der Waals surface area contributed by atoms with Crippen LogP contribution in [0.4, 0.5) is 13.2 Å². The molecule has 0 spiro atoms. The van der Waals surface area contributed by atoms with Crippen molar-refractivity contribution < 1.29 is 13.2 Å². The van der Waals surface area contributed by atoms with Gasteiger partial charge in [-0.1, -0.05) is 0 Å². The molecule has 0 N–H and O–H groups in total. The maximum Gasteiger partial charge on any atom is 0.170 e. The molecule has 0 aliphatic heterocycles. The van der Waals surface area contributed by atoms with Gasteiger partial charge in [0, 0.05) is 18.2 Å². The van der Waals surface area contributed by atoms with Gasteiger partial charge in [0.05, 0.1) is 11.4 Å². The predicted molar refractivity (Wildman–Crippen MR) is 63.2 cm³/mol. The van der Waals surface area contributed by atoms with Gasteiger partial charge < -0.3 is 4.57 Å². The van der Waals surface area contributed by atoms with Crippen LogP contribution in [0.5, 0.6) is 0 Å². The van der Waals surface area contributed by atoms with Crippen LogP contribution in [0.15, 0.2) is 12.1 Å². The molecule has 19 heavy (non-hydrogen) atoms. The molecule has 100 valence electrons. The molecule has 0 atom stereocenters. The summed E-state index contributed by atoms with van der Waals surface area (Å²) in [5.74, 6) is -2.32. The summed E-state index contributed by atoms with van der Waals surface area (Å²) in [4.78, 5) is 0. The number of halogens is 4. The van der Waals surface area contributed by atoms with E-state index in [9.17, 15) is 13.2 Å². The first-order chi connectivity index (χ1) is 9.11. The highest BCUT2D eigenvalue weighted by atomic mass is 35.5. The van der Waals surface area contributed by atoms with E-state index in [1.807, 2.05) is 0 Å². The first-order valence-corrected chi connectivity index (χ1v) is 6.30. The molecule has 1 fully saturated rings. The largest absolute Gasteiger partial charge is 0.307 e. The van der Waals surface area contributed by atoms with Gasteiger partial charge in [0.1, 0.15) is 23.3 Å². The van der Waals surface area contributed by atoms with Crippen molar-refractivity contribution in [2.75, 3.05) is 0 Å². The topological polar surface area (TPSA) is 30.7 Å². The molecule has 0 saturated heterocycles. The summed E-state index contributed by atoms with van der Waals surface area (Å²) in [6.45, 7) is 0. The monoisotopic (exact) mass is 287 g/mol. The number of hydrogen-bond donors (Lipinski definition) is 0. The van der Waals surface area contributed by atoms with Crippen molar-refractivity contribution >= 4 is 11.6 Å². The lowest BCUT2D eigenvalue weighted by atomic mass is 10.1. The summed E-state index contributed by atoms with van der Waals surface area (Å²) in [7, 11) is 0. The van der Waals surface area contributed by atoms with Gasteiger partial charge >= 0.3 is 0 Å². The SMILES string of the molecule is Fc1cc(F)c(-c2nnc(CCl)n2C2CC2)c(F)c1. The first kappa shape index (κ1) is 12.5. The molecule has 1 aromatic heterocycles. The van der Waals surface area contributed by atoms with Crippen LogP contribution in [0.25, 0.3) is 11.4 Å². The molecule has 7 heteroatoms. The third-order valence-electron chi connectivity index (χ3n) is 3.03. The second-order valence-corrected chi connectivity index (χ2v) is 4.69. The smallest absolute Gasteiger partial charge is 0.170 e. The fraction of sp³-hybridized carbons (Fsp3) is 0.333. The van der Waals surface area contributed by atoms with Gasteiger partial charge in [-0.05, 0) is 12.8 Å². The minimum atomic E-state index is -0.993. The van der Waals surface area contributed by atoms with Crippen LogP contribution in [0, 0.1) is 17.5 Å². The predicted octanol–water partition coefficient (Wildman–Crippen LogP) is 3.44. The van der Waals surface area contributed by atoms with Crippen LogP contribution in [-0.4, -0.2) is 14.8 Å². The Morgan fingerprint density at radius 3 is 2.32 bits per heavy atom. The number of alkyl halides is 1. The van der Waals surface area contributed by atoms with E-state index in [-0.39, 0.29) is 23.3 Å². The minimum absolute atomic E-state index is 0.0631. The zero-order chi connectivity index (χ0) is 13.6. The van der Waals surface area contributed by atoms with Gasteiger partial charge in [0.25, 0.3) is 0 Å². The van der Waals surface area contributed by atoms with Crippen LogP contribution in [0.3, 0.4) is 0 Å². The minimum Gasteiger partial charge on any atom is -0.307 e. The molecule has 1 aromatic carbocycles. The normalized spacial score (nSPS) is 14.9. The number of nitrogens with zero attached hydrogens (tertiary/aromatic N) is 3. The Bertz CT molecular complexity index is 614. The van der Waals surface area contributed by atoms with Crippen molar-refractivity contribution in [3.8, 4) is 11.4 Å². The Labute approximate surface area is 112 Å². The number of aromatic nitrogens is 3. The lowest BCUT2D eigenvalue weighted by Gasteiger charge is -2.09. The van der Waals surface area contributed by atoms with Gasteiger partial charge in [-0.3, -0.25) is 0 Å². The van der Waals surface area contributed by atoms with Crippen LogP contribution < -0.4 is 0 Å². The van der Waals surface area contributed by atoms with Crippen molar-refractivity contribution in [1.29, 1.82) is 0 Å². The fourth-order valence-corrected chi connectivity index (χ4v) is 2.24. The van der Waals surface area contributed by atoms with Gasteiger partial charge in [-0.15, -0.1) is 21.8 Å². The molecule has 0 amide bonds.